The largest absolute Gasteiger partial charge is 0.401 e. The van der Waals surface area contributed by atoms with Crippen LogP contribution in [0.1, 0.15) is 41.0 Å². The zero-order valence-corrected chi connectivity index (χ0v) is 12.9. The smallest absolute Gasteiger partial charge is 0.316 e. The maximum atomic E-state index is 12.5. The Balaban J connectivity index is 4.39. The Morgan fingerprint density at radius 1 is 1.11 bits per heavy atom. The van der Waals surface area contributed by atoms with Crippen LogP contribution < -0.4 is 5.32 Å². The fourth-order valence-corrected chi connectivity index (χ4v) is 2.03. The van der Waals surface area contributed by atoms with Crippen LogP contribution in [0.4, 0.5) is 13.2 Å². The van der Waals surface area contributed by atoms with Crippen LogP contribution in [0.3, 0.4) is 0 Å². The van der Waals surface area contributed by atoms with E-state index in [4.69, 9.17) is 0 Å². The molecule has 0 fully saturated rings. The Morgan fingerprint density at radius 2 is 1.68 bits per heavy atom. The van der Waals surface area contributed by atoms with Crippen molar-refractivity contribution < 1.29 is 13.2 Å². The van der Waals surface area contributed by atoms with Gasteiger partial charge in [0, 0.05) is 13.1 Å². The van der Waals surface area contributed by atoms with Gasteiger partial charge in [0.1, 0.15) is 0 Å². The minimum absolute atomic E-state index is 0.115. The molecule has 0 saturated heterocycles. The lowest BCUT2D eigenvalue weighted by molar-refractivity contribution is -0.148. The summed E-state index contributed by atoms with van der Waals surface area (Å²) in [5.74, 6) is 0.554. The molecule has 0 saturated carbocycles. The van der Waals surface area contributed by atoms with Gasteiger partial charge in [0.05, 0.1) is 6.54 Å². The van der Waals surface area contributed by atoms with Gasteiger partial charge in [-0.2, -0.15) is 13.2 Å². The molecule has 1 N–H and O–H groups in total. The van der Waals surface area contributed by atoms with E-state index in [1.165, 1.54) is 4.90 Å². The topological polar surface area (TPSA) is 15.3 Å². The van der Waals surface area contributed by atoms with E-state index in [0.29, 0.717) is 19.0 Å². The van der Waals surface area contributed by atoms with Gasteiger partial charge in [-0.3, -0.25) is 4.90 Å². The van der Waals surface area contributed by atoms with Gasteiger partial charge in [-0.05, 0) is 30.8 Å². The lowest BCUT2D eigenvalue weighted by Crippen LogP contribution is -2.45. The SMILES string of the molecule is CCN(CC(F)(F)F)CC(C)(CC)CNCC(C)C. The normalized spacial score (nSPS) is 16.1. The molecule has 19 heavy (non-hydrogen) atoms. The van der Waals surface area contributed by atoms with Crippen LogP contribution in [0.15, 0.2) is 0 Å². The summed E-state index contributed by atoms with van der Waals surface area (Å²) in [4.78, 5) is 1.49. The van der Waals surface area contributed by atoms with Crippen LogP contribution in [0, 0.1) is 11.3 Å². The third-order valence-electron chi connectivity index (χ3n) is 3.41. The maximum absolute atomic E-state index is 12.5. The number of nitrogens with one attached hydrogen (secondary N) is 1. The molecule has 0 aliphatic heterocycles. The van der Waals surface area contributed by atoms with Crippen molar-refractivity contribution in [3.63, 3.8) is 0 Å². The molecule has 1 unspecified atom stereocenters. The van der Waals surface area contributed by atoms with Gasteiger partial charge in [0.15, 0.2) is 0 Å². The minimum atomic E-state index is -4.12. The quantitative estimate of drug-likeness (QED) is 0.696. The summed E-state index contributed by atoms with van der Waals surface area (Å²) in [5, 5.41) is 3.36. The van der Waals surface area contributed by atoms with Crippen LogP contribution in [0.2, 0.25) is 0 Å². The fourth-order valence-electron chi connectivity index (χ4n) is 2.03. The van der Waals surface area contributed by atoms with E-state index in [1.54, 1.807) is 6.92 Å². The molecule has 0 aliphatic carbocycles. The molecule has 0 rings (SSSR count). The lowest BCUT2D eigenvalue weighted by atomic mass is 9.86. The Hall–Kier alpha value is -0.290. The zero-order valence-electron chi connectivity index (χ0n) is 12.9. The molecule has 116 valence electrons. The van der Waals surface area contributed by atoms with Crippen molar-refractivity contribution in [3.05, 3.63) is 0 Å². The first kappa shape index (κ1) is 18.7. The summed E-state index contributed by atoms with van der Waals surface area (Å²) >= 11 is 0. The van der Waals surface area contributed by atoms with Crippen molar-refractivity contribution in [2.45, 2.75) is 47.2 Å². The van der Waals surface area contributed by atoms with Gasteiger partial charge in [-0.15, -0.1) is 0 Å². The van der Waals surface area contributed by atoms with Crippen molar-refractivity contribution in [2.75, 3.05) is 32.7 Å². The number of halogens is 3. The summed E-state index contributed by atoms with van der Waals surface area (Å²) < 4.78 is 37.4. The number of hydrogen-bond acceptors (Lipinski definition) is 2. The highest BCUT2D eigenvalue weighted by molar-refractivity contribution is 4.80. The average molecular weight is 282 g/mol. The Bertz CT molecular complexity index is 241. The molecular formula is C14H29F3N2. The third kappa shape index (κ3) is 9.27. The van der Waals surface area contributed by atoms with E-state index in [-0.39, 0.29) is 5.41 Å². The second-order valence-electron chi connectivity index (χ2n) is 6.11. The first-order valence-corrected chi connectivity index (χ1v) is 7.11. The highest BCUT2D eigenvalue weighted by atomic mass is 19.4. The molecule has 0 radical (unpaired) electrons. The van der Waals surface area contributed by atoms with Crippen molar-refractivity contribution in [3.8, 4) is 0 Å². The van der Waals surface area contributed by atoms with Gasteiger partial charge in [-0.25, -0.2) is 0 Å². The summed E-state index contributed by atoms with van der Waals surface area (Å²) in [6, 6.07) is 0. The standard InChI is InChI=1S/C14H29F3N2/c1-6-13(5,9-18-8-12(3)4)10-19(7-2)11-14(15,16)17/h12,18H,6-11H2,1-5H3. The van der Waals surface area contributed by atoms with E-state index >= 15 is 0 Å². The summed E-state index contributed by atoms with van der Waals surface area (Å²) in [6.45, 7) is 11.9. The molecule has 0 aliphatic rings. The highest BCUT2D eigenvalue weighted by Gasteiger charge is 2.33. The first-order chi connectivity index (χ1) is 8.62. The molecule has 0 aromatic heterocycles. The molecule has 0 bridgehead atoms. The van der Waals surface area contributed by atoms with E-state index < -0.39 is 12.7 Å². The lowest BCUT2D eigenvalue weighted by Gasteiger charge is -2.35. The Kier molecular flexibility index (Phi) is 7.98. The molecule has 1 atom stereocenters. The molecule has 0 heterocycles. The van der Waals surface area contributed by atoms with E-state index in [1.807, 2.05) is 6.92 Å². The van der Waals surface area contributed by atoms with Crippen molar-refractivity contribution in [1.82, 2.24) is 10.2 Å². The monoisotopic (exact) mass is 282 g/mol. The molecule has 0 amide bonds. The Morgan fingerprint density at radius 3 is 2.05 bits per heavy atom. The summed E-state index contributed by atoms with van der Waals surface area (Å²) in [7, 11) is 0. The van der Waals surface area contributed by atoms with E-state index in [2.05, 4.69) is 26.1 Å². The van der Waals surface area contributed by atoms with Gasteiger partial charge < -0.3 is 5.32 Å². The second-order valence-corrected chi connectivity index (χ2v) is 6.11. The van der Waals surface area contributed by atoms with Crippen LogP contribution in [-0.4, -0.2) is 43.8 Å². The van der Waals surface area contributed by atoms with Crippen LogP contribution >= 0.6 is 0 Å². The van der Waals surface area contributed by atoms with Gasteiger partial charge >= 0.3 is 6.18 Å². The highest BCUT2D eigenvalue weighted by Crippen LogP contribution is 2.24. The van der Waals surface area contributed by atoms with Crippen molar-refractivity contribution in [2.24, 2.45) is 11.3 Å². The van der Waals surface area contributed by atoms with Crippen molar-refractivity contribution >= 4 is 0 Å². The number of hydrogen-bond donors (Lipinski definition) is 1. The second kappa shape index (κ2) is 8.10. The predicted octanol–water partition coefficient (Wildman–Crippen LogP) is 3.53. The molecular weight excluding hydrogens is 253 g/mol. The molecule has 0 spiro atoms. The van der Waals surface area contributed by atoms with Crippen LogP contribution in [-0.2, 0) is 0 Å². The fraction of sp³-hybridized carbons (Fsp3) is 1.00. The van der Waals surface area contributed by atoms with Gasteiger partial charge in [-0.1, -0.05) is 34.6 Å². The van der Waals surface area contributed by atoms with E-state index in [9.17, 15) is 13.2 Å². The number of rotatable bonds is 9. The summed E-state index contributed by atoms with van der Waals surface area (Å²) in [5.41, 5.74) is -0.115. The zero-order chi connectivity index (χ0) is 15.1. The predicted molar refractivity (Wildman–Crippen MR) is 74.3 cm³/mol. The van der Waals surface area contributed by atoms with Crippen LogP contribution in [0.25, 0.3) is 0 Å². The summed E-state index contributed by atoms with van der Waals surface area (Å²) in [6.07, 6.45) is -3.25. The third-order valence-corrected chi connectivity index (χ3v) is 3.41. The number of alkyl halides is 3. The first-order valence-electron chi connectivity index (χ1n) is 7.11. The maximum Gasteiger partial charge on any atom is 0.401 e. The van der Waals surface area contributed by atoms with Crippen LogP contribution in [0.5, 0.6) is 0 Å². The molecule has 0 aromatic rings. The van der Waals surface area contributed by atoms with Gasteiger partial charge in [0.2, 0.25) is 0 Å². The minimum Gasteiger partial charge on any atom is -0.316 e. The molecule has 2 nitrogen and oxygen atoms in total. The Labute approximate surface area is 115 Å². The average Bonchev–Trinajstić information content (AvgIpc) is 2.25. The van der Waals surface area contributed by atoms with Crippen molar-refractivity contribution in [1.29, 1.82) is 0 Å². The molecule has 5 heteroatoms. The van der Waals surface area contributed by atoms with Gasteiger partial charge in [0.25, 0.3) is 0 Å². The van der Waals surface area contributed by atoms with E-state index in [0.717, 1.165) is 19.5 Å². The molecule has 0 aromatic carbocycles. The number of nitrogens with zero attached hydrogens (tertiary/aromatic N) is 1.